The zero-order chi connectivity index (χ0) is 43.7. The Bertz CT molecular complexity index is 3050. The molecule has 0 bridgehead atoms. The van der Waals surface area contributed by atoms with E-state index >= 15 is 0 Å². The van der Waals surface area contributed by atoms with Crippen LogP contribution in [0.2, 0.25) is 0 Å². The Kier molecular flexibility index (Phi) is 9.12. The summed E-state index contributed by atoms with van der Waals surface area (Å²) < 4.78 is 2.64. The van der Waals surface area contributed by atoms with Crippen LogP contribution in [0.15, 0.2) is 140 Å². The Morgan fingerprint density at radius 3 is 1.69 bits per heavy atom. The van der Waals surface area contributed by atoms with Gasteiger partial charge in [0, 0.05) is 43.7 Å². The Labute approximate surface area is 374 Å². The average Bonchev–Trinajstić information content (AvgIpc) is 3.61. The van der Waals surface area contributed by atoms with Gasteiger partial charge in [-0.3, -0.25) is 0 Å². The maximum atomic E-state index is 2.69. The van der Waals surface area contributed by atoms with Crippen LogP contribution in [0, 0.1) is 0 Å². The number of hydrogen-bond acceptors (Lipinski definition) is 3. The van der Waals surface area contributed by atoms with Crippen molar-refractivity contribution in [1.29, 1.82) is 0 Å². The summed E-state index contributed by atoms with van der Waals surface area (Å²) in [5.41, 5.74) is 19.3. The van der Waals surface area contributed by atoms with E-state index in [2.05, 4.69) is 232 Å². The van der Waals surface area contributed by atoms with Crippen molar-refractivity contribution in [1.82, 2.24) is 0 Å². The lowest BCUT2D eigenvalue weighted by Crippen LogP contribution is -2.61. The van der Waals surface area contributed by atoms with Gasteiger partial charge in [0.1, 0.15) is 0 Å². The highest BCUT2D eigenvalue weighted by Crippen LogP contribution is 2.53. The smallest absolute Gasteiger partial charge is 0.333 e. The molecule has 1 aromatic heterocycles. The molecule has 10 rings (SSSR count). The third-order valence-corrected chi connectivity index (χ3v) is 14.7. The van der Waals surface area contributed by atoms with E-state index in [0.29, 0.717) is 0 Å². The Hall–Kier alpha value is -5.58. The van der Waals surface area contributed by atoms with Crippen LogP contribution >= 0.6 is 11.3 Å². The van der Waals surface area contributed by atoms with Gasteiger partial charge in [0.05, 0.1) is 16.1 Å². The molecule has 4 heteroatoms. The third-order valence-electron chi connectivity index (χ3n) is 13.5. The molecule has 0 saturated heterocycles. The van der Waals surface area contributed by atoms with Crippen LogP contribution in [0.5, 0.6) is 0 Å². The molecule has 62 heavy (non-hydrogen) atoms. The van der Waals surface area contributed by atoms with Gasteiger partial charge in [0.25, 0.3) is 0 Å². The first kappa shape index (κ1) is 40.5. The zero-order valence-corrected chi connectivity index (χ0v) is 39.5. The van der Waals surface area contributed by atoms with Crippen LogP contribution in [0.25, 0.3) is 42.4 Å². The van der Waals surface area contributed by atoms with Gasteiger partial charge >= 0.3 is 6.85 Å². The predicted molar refractivity (Wildman–Crippen MR) is 273 cm³/mol. The molecule has 0 N–H and O–H groups in total. The summed E-state index contributed by atoms with van der Waals surface area (Å²) in [5.74, 6) is 0. The van der Waals surface area contributed by atoms with E-state index in [-0.39, 0.29) is 28.5 Å². The molecule has 2 nitrogen and oxygen atoms in total. The number of fused-ring (bicyclic) bond motifs is 8. The second-order valence-electron chi connectivity index (χ2n) is 21.9. The fourth-order valence-electron chi connectivity index (χ4n) is 9.82. The van der Waals surface area contributed by atoms with Crippen molar-refractivity contribution in [2.24, 2.45) is 0 Å². The van der Waals surface area contributed by atoms with E-state index in [9.17, 15) is 0 Å². The van der Waals surface area contributed by atoms with E-state index < -0.39 is 0 Å². The van der Waals surface area contributed by atoms with Crippen molar-refractivity contribution < 1.29 is 0 Å². The molecular formula is C58H59BN2S. The van der Waals surface area contributed by atoms with Gasteiger partial charge in [-0.05, 0) is 108 Å². The molecule has 0 aliphatic carbocycles. The predicted octanol–water partition coefficient (Wildman–Crippen LogP) is 15.6. The molecule has 0 spiro atoms. The summed E-state index contributed by atoms with van der Waals surface area (Å²) in [6.45, 7) is 27.9. The molecule has 7 aromatic carbocycles. The zero-order valence-electron chi connectivity index (χ0n) is 38.7. The monoisotopic (exact) mass is 826 g/mol. The second-order valence-corrected chi connectivity index (χ2v) is 23.0. The van der Waals surface area contributed by atoms with Crippen LogP contribution in [0.4, 0.5) is 28.4 Å². The fourth-order valence-corrected chi connectivity index (χ4v) is 11.1. The van der Waals surface area contributed by atoms with Gasteiger partial charge in [-0.2, -0.15) is 0 Å². The average molecular weight is 827 g/mol. The van der Waals surface area contributed by atoms with Crippen molar-refractivity contribution in [2.75, 3.05) is 9.71 Å². The highest BCUT2D eigenvalue weighted by Gasteiger charge is 2.47. The largest absolute Gasteiger partial charge is 0.376 e. The lowest BCUT2D eigenvalue weighted by atomic mass is 9.43. The summed E-state index contributed by atoms with van der Waals surface area (Å²) in [5, 5.41) is 2.62. The number of rotatable bonds is 3. The van der Waals surface area contributed by atoms with Crippen LogP contribution in [0.3, 0.4) is 0 Å². The SMILES string of the molecule is CC(C)(C)c1ccc(N2B3c4ccc5c(sc6ccccc65)c4N(c4ccc(C(C)(C)C)cc4-c4ccccc4)c4cc(C(C)(C)C)cc(c43)-c3ccc(C(C)(C)C)cc32)cc1. The highest BCUT2D eigenvalue weighted by atomic mass is 32.1. The van der Waals surface area contributed by atoms with Crippen LogP contribution < -0.4 is 20.6 Å². The summed E-state index contributed by atoms with van der Waals surface area (Å²) >= 11 is 1.94. The summed E-state index contributed by atoms with van der Waals surface area (Å²) in [6.07, 6.45) is 0. The first-order valence-electron chi connectivity index (χ1n) is 22.5. The standard InChI is InChI=1S/C58H59BN2S/c1-55(2,3)37-22-26-41(27-23-37)61-49-34-39(57(7,8)9)24-28-42(49)46-33-40(58(10,11)12)35-50-52(46)59(61)47-30-29-44-43-20-16-17-21-51(43)62-54(44)53(47)60(50)48-31-25-38(56(4,5)6)32-45(48)36-18-14-13-15-19-36/h13-35H,1-12H3. The van der Waals surface area contributed by atoms with Crippen molar-refractivity contribution in [3.05, 3.63) is 162 Å². The van der Waals surface area contributed by atoms with Gasteiger partial charge in [0.15, 0.2) is 0 Å². The molecule has 0 atom stereocenters. The van der Waals surface area contributed by atoms with Gasteiger partial charge in [-0.25, -0.2) is 0 Å². The molecule has 0 fully saturated rings. The first-order valence-corrected chi connectivity index (χ1v) is 23.3. The normalized spacial score (nSPS) is 14.0. The Morgan fingerprint density at radius 1 is 0.435 bits per heavy atom. The molecule has 2 aliphatic heterocycles. The molecule has 0 saturated carbocycles. The molecule has 310 valence electrons. The van der Waals surface area contributed by atoms with Crippen molar-refractivity contribution in [3.63, 3.8) is 0 Å². The lowest BCUT2D eigenvalue weighted by Gasteiger charge is -2.47. The fraction of sp³-hybridized carbons (Fsp3) is 0.276. The van der Waals surface area contributed by atoms with E-state index in [1.165, 1.54) is 104 Å². The first-order chi connectivity index (χ1) is 29.3. The van der Waals surface area contributed by atoms with Gasteiger partial charge in [0.2, 0.25) is 0 Å². The quantitative estimate of drug-likeness (QED) is 0.164. The van der Waals surface area contributed by atoms with E-state index in [1.807, 2.05) is 11.3 Å². The van der Waals surface area contributed by atoms with Gasteiger partial charge < -0.3 is 9.71 Å². The minimum absolute atomic E-state index is 0.0182. The van der Waals surface area contributed by atoms with Crippen molar-refractivity contribution in [2.45, 2.75) is 105 Å². The number of nitrogens with zero attached hydrogens (tertiary/aromatic N) is 2. The lowest BCUT2D eigenvalue weighted by molar-refractivity contribution is 0.589. The number of benzene rings is 7. The van der Waals surface area contributed by atoms with E-state index in [4.69, 9.17) is 0 Å². The van der Waals surface area contributed by atoms with Gasteiger partial charge in [-0.1, -0.05) is 180 Å². The van der Waals surface area contributed by atoms with Crippen LogP contribution in [0.1, 0.15) is 105 Å². The van der Waals surface area contributed by atoms with Crippen LogP contribution in [-0.4, -0.2) is 6.85 Å². The highest BCUT2D eigenvalue weighted by molar-refractivity contribution is 7.26. The maximum absolute atomic E-state index is 2.69. The van der Waals surface area contributed by atoms with Gasteiger partial charge in [-0.15, -0.1) is 11.3 Å². The molecular weight excluding hydrogens is 768 g/mol. The molecule has 8 aromatic rings. The van der Waals surface area contributed by atoms with E-state index in [0.717, 1.165) is 0 Å². The number of hydrogen-bond donors (Lipinski definition) is 0. The summed E-state index contributed by atoms with van der Waals surface area (Å²) in [6, 6.07) is 54.1. The molecule has 2 aliphatic rings. The third kappa shape index (κ3) is 6.51. The number of anilines is 5. The minimum atomic E-state index is -0.0968. The van der Waals surface area contributed by atoms with E-state index in [1.54, 1.807) is 0 Å². The Balaban J connectivity index is 1.39. The molecule has 3 heterocycles. The Morgan fingerprint density at radius 2 is 1.02 bits per heavy atom. The van der Waals surface area contributed by atoms with Crippen molar-refractivity contribution in [3.8, 4) is 22.3 Å². The summed E-state index contributed by atoms with van der Waals surface area (Å²) in [7, 11) is 0. The molecule has 0 radical (unpaired) electrons. The van der Waals surface area contributed by atoms with Crippen LogP contribution in [-0.2, 0) is 21.7 Å². The topological polar surface area (TPSA) is 6.48 Å². The number of thiophene rings is 1. The molecule has 0 unspecified atom stereocenters. The summed E-state index contributed by atoms with van der Waals surface area (Å²) in [4.78, 5) is 5.37. The van der Waals surface area contributed by atoms with Crippen molar-refractivity contribution >= 4 is 77.7 Å². The molecule has 0 amide bonds. The minimum Gasteiger partial charge on any atom is -0.376 e. The maximum Gasteiger partial charge on any atom is 0.333 e. The second kappa shape index (κ2) is 14.0.